The topological polar surface area (TPSA) is 57.9 Å². The smallest absolute Gasteiger partial charge is 0.101 e. The molecule has 0 amide bonds. The number of hydrogen-bond donors (Lipinski definition) is 1. The van der Waals surface area contributed by atoms with E-state index < -0.39 is 6.10 Å². The zero-order valence-corrected chi connectivity index (χ0v) is 8.26. The zero-order chi connectivity index (χ0) is 10.1. The molecule has 0 saturated heterocycles. The zero-order valence-electron chi connectivity index (χ0n) is 8.26. The Hall–Kier alpha value is -0.870. The summed E-state index contributed by atoms with van der Waals surface area (Å²) in [5, 5.41) is 25.3. The molecule has 1 aliphatic rings. The molecule has 1 heterocycles. The lowest BCUT2D eigenvalue weighted by Crippen LogP contribution is -2.30. The van der Waals surface area contributed by atoms with E-state index in [4.69, 9.17) is 0 Å². The van der Waals surface area contributed by atoms with Gasteiger partial charge in [-0.2, -0.15) is 5.10 Å². The van der Waals surface area contributed by atoms with Crippen molar-refractivity contribution in [1.82, 2.24) is 9.78 Å². The van der Waals surface area contributed by atoms with Crippen LogP contribution < -0.4 is 0 Å². The molecule has 0 aromatic carbocycles. The first kappa shape index (κ1) is 9.68. The van der Waals surface area contributed by atoms with Gasteiger partial charge in [-0.25, -0.2) is 5.11 Å². The summed E-state index contributed by atoms with van der Waals surface area (Å²) in [5.74, 6) is -0.0775. The van der Waals surface area contributed by atoms with E-state index in [9.17, 15) is 10.2 Å². The van der Waals surface area contributed by atoms with Crippen molar-refractivity contribution in [3.63, 3.8) is 0 Å². The van der Waals surface area contributed by atoms with Gasteiger partial charge in [0.1, 0.15) is 6.10 Å². The van der Waals surface area contributed by atoms with Crippen molar-refractivity contribution in [2.24, 2.45) is 7.05 Å². The minimum atomic E-state index is -0.589. The van der Waals surface area contributed by atoms with E-state index >= 15 is 0 Å². The molecule has 4 nitrogen and oxygen atoms in total. The number of aliphatic hydroxyl groups is 1. The van der Waals surface area contributed by atoms with Gasteiger partial charge in [0, 0.05) is 24.9 Å². The minimum absolute atomic E-state index is 0.0775. The van der Waals surface area contributed by atoms with Crippen LogP contribution in [-0.4, -0.2) is 27.1 Å². The van der Waals surface area contributed by atoms with Crippen molar-refractivity contribution in [2.45, 2.75) is 37.4 Å². The predicted molar refractivity (Wildman–Crippen MR) is 50.3 cm³/mol. The standard InChI is InChI=1S/C10H15N2O2/c1-12-9(4-5-11-12)8-6-7(13)2-3-10(8)14/h4-5,7-8,10,13H,2-3,6H2,1H3. The van der Waals surface area contributed by atoms with Gasteiger partial charge in [-0.3, -0.25) is 4.68 Å². The monoisotopic (exact) mass is 195 g/mol. The summed E-state index contributed by atoms with van der Waals surface area (Å²) in [5.41, 5.74) is 0.948. The molecule has 1 fully saturated rings. The van der Waals surface area contributed by atoms with E-state index in [1.54, 1.807) is 10.9 Å². The third-order valence-corrected chi connectivity index (χ3v) is 3.00. The predicted octanol–water partition coefficient (Wildman–Crippen LogP) is 0.848. The van der Waals surface area contributed by atoms with Gasteiger partial charge in [0.15, 0.2) is 0 Å². The van der Waals surface area contributed by atoms with Gasteiger partial charge >= 0.3 is 0 Å². The lowest BCUT2D eigenvalue weighted by Gasteiger charge is -2.29. The van der Waals surface area contributed by atoms with Crippen LogP contribution in [0.1, 0.15) is 30.9 Å². The first-order valence-corrected chi connectivity index (χ1v) is 5.00. The molecule has 77 valence electrons. The first-order valence-electron chi connectivity index (χ1n) is 5.00. The molecular formula is C10H15N2O2. The number of aryl methyl sites for hydroxylation is 1. The Balaban J connectivity index is 2.20. The molecule has 1 aromatic heterocycles. The van der Waals surface area contributed by atoms with E-state index in [1.807, 2.05) is 13.1 Å². The van der Waals surface area contributed by atoms with Crippen LogP contribution in [0.25, 0.3) is 0 Å². The molecule has 0 bridgehead atoms. The van der Waals surface area contributed by atoms with Gasteiger partial charge in [-0.05, 0) is 25.3 Å². The summed E-state index contributed by atoms with van der Waals surface area (Å²) < 4.78 is 1.73. The van der Waals surface area contributed by atoms with E-state index in [1.165, 1.54) is 0 Å². The molecule has 1 N–H and O–H groups in total. The van der Waals surface area contributed by atoms with Gasteiger partial charge < -0.3 is 5.11 Å². The normalized spacial score (nSPS) is 33.2. The van der Waals surface area contributed by atoms with Crippen LogP contribution in [0.2, 0.25) is 0 Å². The summed E-state index contributed by atoms with van der Waals surface area (Å²) in [6.45, 7) is 0. The Labute approximate surface area is 83.2 Å². The summed E-state index contributed by atoms with van der Waals surface area (Å²) in [6.07, 6.45) is 2.57. The second-order valence-electron chi connectivity index (χ2n) is 3.99. The third kappa shape index (κ3) is 1.67. The third-order valence-electron chi connectivity index (χ3n) is 3.00. The number of aliphatic hydroxyl groups excluding tert-OH is 1. The first-order chi connectivity index (χ1) is 6.68. The number of nitrogens with zero attached hydrogens (tertiary/aromatic N) is 2. The molecule has 4 heteroatoms. The second-order valence-corrected chi connectivity index (χ2v) is 3.99. The molecule has 0 spiro atoms. The van der Waals surface area contributed by atoms with Crippen LogP contribution in [0, 0.1) is 0 Å². The second kappa shape index (κ2) is 3.71. The average molecular weight is 195 g/mol. The fourth-order valence-corrected chi connectivity index (χ4v) is 2.18. The van der Waals surface area contributed by atoms with Gasteiger partial charge in [0.25, 0.3) is 0 Å². The van der Waals surface area contributed by atoms with Crippen molar-refractivity contribution >= 4 is 0 Å². The van der Waals surface area contributed by atoms with Crippen LogP contribution in [0.3, 0.4) is 0 Å². The Kier molecular flexibility index (Phi) is 2.56. The van der Waals surface area contributed by atoms with Crippen molar-refractivity contribution in [2.75, 3.05) is 0 Å². The fourth-order valence-electron chi connectivity index (χ4n) is 2.18. The Morgan fingerprint density at radius 2 is 2.36 bits per heavy atom. The highest BCUT2D eigenvalue weighted by Gasteiger charge is 2.32. The van der Waals surface area contributed by atoms with E-state index in [-0.39, 0.29) is 12.0 Å². The summed E-state index contributed by atoms with van der Waals surface area (Å²) in [6, 6.07) is 1.87. The van der Waals surface area contributed by atoms with E-state index in [0.29, 0.717) is 19.3 Å². The summed E-state index contributed by atoms with van der Waals surface area (Å²) in [7, 11) is 1.84. The summed E-state index contributed by atoms with van der Waals surface area (Å²) in [4.78, 5) is 0. The van der Waals surface area contributed by atoms with Gasteiger partial charge in [0.05, 0.1) is 6.10 Å². The highest BCUT2D eigenvalue weighted by Crippen LogP contribution is 2.33. The number of rotatable bonds is 1. The number of aromatic nitrogens is 2. The van der Waals surface area contributed by atoms with Gasteiger partial charge in [-0.1, -0.05) is 0 Å². The molecule has 0 aliphatic heterocycles. The van der Waals surface area contributed by atoms with Crippen molar-refractivity contribution < 1.29 is 10.2 Å². The molecule has 2 rings (SSSR count). The van der Waals surface area contributed by atoms with Crippen molar-refractivity contribution in [3.8, 4) is 0 Å². The maximum atomic E-state index is 11.7. The number of hydrogen-bond acceptors (Lipinski definition) is 2. The fraction of sp³-hybridized carbons (Fsp3) is 0.700. The maximum Gasteiger partial charge on any atom is 0.101 e. The van der Waals surface area contributed by atoms with Crippen LogP contribution in [0.5, 0.6) is 0 Å². The molecule has 3 atom stereocenters. The highest BCUT2D eigenvalue weighted by atomic mass is 16.3. The Morgan fingerprint density at radius 3 is 3.00 bits per heavy atom. The van der Waals surface area contributed by atoms with E-state index in [2.05, 4.69) is 5.10 Å². The molecule has 3 unspecified atom stereocenters. The lowest BCUT2D eigenvalue weighted by atomic mass is 9.82. The molecule has 1 saturated carbocycles. The molecule has 1 aromatic rings. The quantitative estimate of drug-likeness (QED) is 0.722. The maximum absolute atomic E-state index is 11.7. The Morgan fingerprint density at radius 1 is 1.57 bits per heavy atom. The van der Waals surface area contributed by atoms with Gasteiger partial charge in [-0.15, -0.1) is 0 Å². The highest BCUT2D eigenvalue weighted by molar-refractivity contribution is 5.11. The van der Waals surface area contributed by atoms with Gasteiger partial charge in [0.2, 0.25) is 0 Å². The van der Waals surface area contributed by atoms with E-state index in [0.717, 1.165) is 5.69 Å². The average Bonchev–Trinajstić information content (AvgIpc) is 2.56. The minimum Gasteiger partial charge on any atom is -0.393 e. The SMILES string of the molecule is Cn1nccc1C1CC(O)CCC1[O]. The molecule has 1 aliphatic carbocycles. The van der Waals surface area contributed by atoms with Crippen LogP contribution in [0.15, 0.2) is 12.3 Å². The molecule has 14 heavy (non-hydrogen) atoms. The lowest BCUT2D eigenvalue weighted by molar-refractivity contribution is -0.00710. The van der Waals surface area contributed by atoms with Crippen molar-refractivity contribution in [1.29, 1.82) is 0 Å². The Bertz CT molecular complexity index is 311. The molecule has 1 radical (unpaired) electrons. The van der Waals surface area contributed by atoms with Crippen LogP contribution in [0.4, 0.5) is 0 Å². The molecular weight excluding hydrogens is 180 g/mol. The summed E-state index contributed by atoms with van der Waals surface area (Å²) >= 11 is 0. The largest absolute Gasteiger partial charge is 0.393 e. The van der Waals surface area contributed by atoms with Crippen LogP contribution in [-0.2, 0) is 12.2 Å². The van der Waals surface area contributed by atoms with Crippen molar-refractivity contribution in [3.05, 3.63) is 18.0 Å². The van der Waals surface area contributed by atoms with Crippen LogP contribution >= 0.6 is 0 Å².